The Labute approximate surface area is 116 Å². The number of carboxylic acid groups (broad SMARTS) is 2. The smallest absolute Gasteiger partial charge is 0.309 e. The van der Waals surface area contributed by atoms with Gasteiger partial charge in [0, 0.05) is 6.42 Å². The molecular formula is C14H29NO4. The summed E-state index contributed by atoms with van der Waals surface area (Å²) < 4.78 is 0. The predicted molar refractivity (Wildman–Crippen MR) is 76.4 cm³/mol. The number of hydrogen-bond acceptors (Lipinski definition) is 3. The molecule has 0 fully saturated rings. The minimum Gasteiger partial charge on any atom is -0.481 e. The lowest BCUT2D eigenvalue weighted by molar-refractivity contribution is -0.150. The molecule has 0 spiro atoms. The molecule has 0 heterocycles. The maximum absolute atomic E-state index is 11.0. The van der Waals surface area contributed by atoms with Crippen LogP contribution in [-0.2, 0) is 9.59 Å². The first-order chi connectivity index (χ1) is 8.90. The van der Waals surface area contributed by atoms with E-state index in [4.69, 9.17) is 10.2 Å². The summed E-state index contributed by atoms with van der Waals surface area (Å²) in [5.41, 5.74) is -0.727. The third kappa shape index (κ3) is 9.47. The molecule has 5 heteroatoms. The summed E-state index contributed by atoms with van der Waals surface area (Å²) in [6.07, 6.45) is 2.04. The van der Waals surface area contributed by atoms with E-state index in [0.29, 0.717) is 25.7 Å². The average molecular weight is 275 g/mol. The Hall–Kier alpha value is -1.10. The lowest BCUT2D eigenvalue weighted by Crippen LogP contribution is -2.29. The first-order valence-corrected chi connectivity index (χ1v) is 7.06. The standard InChI is InChI=1S/C10H18O4.C4H11N/c1-3-10(4-2,9(13)14)7-5-6-8(11)12;1-3-5-4-2/h3-7H2,1-2H3,(H,11,12)(H,13,14);5H,3-4H2,1-2H3. The third-order valence-corrected chi connectivity index (χ3v) is 3.35. The van der Waals surface area contributed by atoms with Gasteiger partial charge in [-0.25, -0.2) is 0 Å². The molecule has 114 valence electrons. The average Bonchev–Trinajstić information content (AvgIpc) is 2.36. The molecule has 0 aromatic carbocycles. The summed E-state index contributed by atoms with van der Waals surface area (Å²) in [5.74, 6) is -1.68. The normalized spacial score (nSPS) is 10.5. The van der Waals surface area contributed by atoms with Crippen LogP contribution in [0.3, 0.4) is 0 Å². The van der Waals surface area contributed by atoms with E-state index >= 15 is 0 Å². The molecule has 3 N–H and O–H groups in total. The van der Waals surface area contributed by atoms with Crippen LogP contribution in [0, 0.1) is 5.41 Å². The van der Waals surface area contributed by atoms with Gasteiger partial charge in [-0.2, -0.15) is 0 Å². The van der Waals surface area contributed by atoms with Gasteiger partial charge in [0.05, 0.1) is 5.41 Å². The highest BCUT2D eigenvalue weighted by Gasteiger charge is 2.34. The highest BCUT2D eigenvalue weighted by Crippen LogP contribution is 2.32. The van der Waals surface area contributed by atoms with E-state index < -0.39 is 17.4 Å². The summed E-state index contributed by atoms with van der Waals surface area (Å²) in [6, 6.07) is 0. The lowest BCUT2D eigenvalue weighted by Gasteiger charge is -2.26. The van der Waals surface area contributed by atoms with Crippen molar-refractivity contribution in [3.05, 3.63) is 0 Å². The number of carbonyl (C=O) groups is 2. The Morgan fingerprint density at radius 1 is 1.00 bits per heavy atom. The number of hydrogen-bond donors (Lipinski definition) is 3. The third-order valence-electron chi connectivity index (χ3n) is 3.35. The molecule has 0 rings (SSSR count). The molecule has 0 radical (unpaired) electrons. The molecule has 0 aromatic rings. The summed E-state index contributed by atoms with van der Waals surface area (Å²) >= 11 is 0. The van der Waals surface area contributed by atoms with Crippen molar-refractivity contribution in [1.29, 1.82) is 0 Å². The van der Waals surface area contributed by atoms with Crippen molar-refractivity contribution in [2.75, 3.05) is 13.1 Å². The molecule has 0 bridgehead atoms. The van der Waals surface area contributed by atoms with Crippen LogP contribution in [0.5, 0.6) is 0 Å². The second-order valence-electron chi connectivity index (χ2n) is 4.50. The van der Waals surface area contributed by atoms with Crippen LogP contribution in [0.1, 0.15) is 59.8 Å². The van der Waals surface area contributed by atoms with E-state index in [-0.39, 0.29) is 6.42 Å². The summed E-state index contributed by atoms with van der Waals surface area (Å²) in [7, 11) is 0. The molecule has 0 aliphatic rings. The van der Waals surface area contributed by atoms with E-state index in [1.54, 1.807) is 0 Å². The molecule has 19 heavy (non-hydrogen) atoms. The monoisotopic (exact) mass is 275 g/mol. The van der Waals surface area contributed by atoms with Crippen LogP contribution in [0.25, 0.3) is 0 Å². The van der Waals surface area contributed by atoms with Gasteiger partial charge in [-0.3, -0.25) is 9.59 Å². The van der Waals surface area contributed by atoms with Crippen LogP contribution in [0.4, 0.5) is 0 Å². The van der Waals surface area contributed by atoms with Gasteiger partial charge in [0.25, 0.3) is 0 Å². The number of nitrogens with one attached hydrogen (secondary N) is 1. The number of carboxylic acids is 2. The molecular weight excluding hydrogens is 246 g/mol. The van der Waals surface area contributed by atoms with Crippen molar-refractivity contribution < 1.29 is 19.8 Å². The highest BCUT2D eigenvalue weighted by molar-refractivity contribution is 5.74. The van der Waals surface area contributed by atoms with Gasteiger partial charge in [0.1, 0.15) is 0 Å². The minimum atomic E-state index is -0.864. The van der Waals surface area contributed by atoms with Crippen molar-refractivity contribution in [3.63, 3.8) is 0 Å². The van der Waals surface area contributed by atoms with Gasteiger partial charge in [-0.1, -0.05) is 27.7 Å². The van der Waals surface area contributed by atoms with Gasteiger partial charge in [-0.05, 0) is 38.8 Å². The summed E-state index contributed by atoms with van der Waals surface area (Å²) in [6.45, 7) is 10.1. The second kappa shape index (κ2) is 12.0. The first kappa shape index (κ1) is 20.2. The summed E-state index contributed by atoms with van der Waals surface area (Å²) in [4.78, 5) is 21.3. The van der Waals surface area contributed by atoms with Crippen molar-refractivity contribution in [2.45, 2.75) is 59.8 Å². The Balaban J connectivity index is 0. The molecule has 0 aromatic heterocycles. The van der Waals surface area contributed by atoms with Crippen LogP contribution >= 0.6 is 0 Å². The molecule has 0 amide bonds. The van der Waals surface area contributed by atoms with Crippen molar-refractivity contribution in [1.82, 2.24) is 5.32 Å². The highest BCUT2D eigenvalue weighted by atomic mass is 16.4. The van der Waals surface area contributed by atoms with E-state index in [1.807, 2.05) is 13.8 Å². The van der Waals surface area contributed by atoms with E-state index in [1.165, 1.54) is 0 Å². The van der Waals surface area contributed by atoms with Crippen molar-refractivity contribution >= 4 is 11.9 Å². The second-order valence-corrected chi connectivity index (χ2v) is 4.50. The van der Waals surface area contributed by atoms with Crippen LogP contribution in [0.15, 0.2) is 0 Å². The van der Waals surface area contributed by atoms with Crippen molar-refractivity contribution in [3.8, 4) is 0 Å². The SMILES string of the molecule is CCC(CC)(CCCC(=O)O)C(=O)O.CCNCC. The Morgan fingerprint density at radius 2 is 1.47 bits per heavy atom. The van der Waals surface area contributed by atoms with Gasteiger partial charge in [0.2, 0.25) is 0 Å². The largest absolute Gasteiger partial charge is 0.481 e. The molecule has 0 aliphatic heterocycles. The van der Waals surface area contributed by atoms with E-state index in [0.717, 1.165) is 13.1 Å². The minimum absolute atomic E-state index is 0.0506. The quantitative estimate of drug-likeness (QED) is 0.602. The molecule has 0 saturated heterocycles. The maximum Gasteiger partial charge on any atom is 0.309 e. The predicted octanol–water partition coefficient (Wildman–Crippen LogP) is 2.75. The molecule has 0 saturated carbocycles. The van der Waals surface area contributed by atoms with Crippen LogP contribution < -0.4 is 5.32 Å². The molecule has 0 unspecified atom stereocenters. The van der Waals surface area contributed by atoms with E-state index in [2.05, 4.69) is 19.2 Å². The zero-order valence-corrected chi connectivity index (χ0v) is 12.7. The Kier molecular flexibility index (Phi) is 12.7. The van der Waals surface area contributed by atoms with Gasteiger partial charge in [-0.15, -0.1) is 0 Å². The van der Waals surface area contributed by atoms with E-state index in [9.17, 15) is 9.59 Å². The first-order valence-electron chi connectivity index (χ1n) is 7.06. The summed E-state index contributed by atoms with van der Waals surface area (Å²) in [5, 5.41) is 20.6. The fraction of sp³-hybridized carbons (Fsp3) is 0.857. The van der Waals surface area contributed by atoms with Crippen LogP contribution in [0.2, 0.25) is 0 Å². The van der Waals surface area contributed by atoms with Crippen molar-refractivity contribution in [2.24, 2.45) is 5.41 Å². The Morgan fingerprint density at radius 3 is 1.68 bits per heavy atom. The topological polar surface area (TPSA) is 86.6 Å². The number of rotatable bonds is 9. The van der Waals surface area contributed by atoms with Gasteiger partial charge < -0.3 is 15.5 Å². The molecule has 0 aliphatic carbocycles. The lowest BCUT2D eigenvalue weighted by atomic mass is 9.78. The maximum atomic E-state index is 11.0. The van der Waals surface area contributed by atoms with Crippen LogP contribution in [-0.4, -0.2) is 35.2 Å². The molecule has 5 nitrogen and oxygen atoms in total. The zero-order valence-electron chi connectivity index (χ0n) is 12.7. The van der Waals surface area contributed by atoms with Gasteiger partial charge in [0.15, 0.2) is 0 Å². The number of aliphatic carboxylic acids is 2. The molecule has 0 atom stereocenters. The fourth-order valence-electron chi connectivity index (χ4n) is 1.84. The Bertz CT molecular complexity index is 248. The van der Waals surface area contributed by atoms with Gasteiger partial charge >= 0.3 is 11.9 Å². The zero-order chi connectivity index (χ0) is 15.3. The fourth-order valence-corrected chi connectivity index (χ4v) is 1.84.